The van der Waals surface area contributed by atoms with E-state index in [9.17, 15) is 9.59 Å². The molecule has 1 atom stereocenters. The summed E-state index contributed by atoms with van der Waals surface area (Å²) < 4.78 is 5.63. The van der Waals surface area contributed by atoms with E-state index in [1.807, 2.05) is 18.2 Å². The van der Waals surface area contributed by atoms with Gasteiger partial charge in [-0.25, -0.2) is 0 Å². The van der Waals surface area contributed by atoms with Gasteiger partial charge >= 0.3 is 0 Å². The van der Waals surface area contributed by atoms with Crippen molar-refractivity contribution in [2.45, 2.75) is 19.9 Å². The standard InChI is InChI=1S/C22H24N2O3/c1-3-24(4-2)18(16-10-6-5-7-11-16)15-23-22(26)21-14-19(25)17-12-8-9-13-20(17)27-21/h5-14,18H,3-4,15H2,1-2H3,(H,23,26)/t18-/m0/s1. The average Bonchev–Trinajstić information content (AvgIpc) is 2.71. The molecule has 1 N–H and O–H groups in total. The maximum absolute atomic E-state index is 12.6. The van der Waals surface area contributed by atoms with Crippen molar-refractivity contribution in [1.82, 2.24) is 10.2 Å². The summed E-state index contributed by atoms with van der Waals surface area (Å²) in [5, 5.41) is 3.40. The van der Waals surface area contributed by atoms with E-state index in [1.54, 1.807) is 24.3 Å². The largest absolute Gasteiger partial charge is 0.451 e. The van der Waals surface area contributed by atoms with Crippen molar-refractivity contribution in [2.24, 2.45) is 0 Å². The number of carbonyl (C=O) groups is 1. The Morgan fingerprint density at radius 3 is 2.41 bits per heavy atom. The fraction of sp³-hybridized carbons (Fsp3) is 0.273. The number of nitrogens with one attached hydrogen (secondary N) is 1. The van der Waals surface area contributed by atoms with Crippen molar-refractivity contribution in [3.8, 4) is 0 Å². The Bertz CT molecular complexity index is 962. The predicted molar refractivity (Wildman–Crippen MR) is 107 cm³/mol. The molecule has 0 spiro atoms. The van der Waals surface area contributed by atoms with Gasteiger partial charge in [-0.2, -0.15) is 0 Å². The number of para-hydroxylation sites is 1. The van der Waals surface area contributed by atoms with Gasteiger partial charge < -0.3 is 9.73 Å². The first-order valence-electron chi connectivity index (χ1n) is 9.24. The molecule has 5 nitrogen and oxygen atoms in total. The number of likely N-dealkylation sites (N-methyl/N-ethyl adjacent to an activating group) is 1. The predicted octanol–water partition coefficient (Wildman–Crippen LogP) is 3.61. The lowest BCUT2D eigenvalue weighted by Crippen LogP contribution is -2.38. The molecule has 2 aromatic carbocycles. The first kappa shape index (κ1) is 18.9. The van der Waals surface area contributed by atoms with Crippen molar-refractivity contribution >= 4 is 16.9 Å². The molecule has 140 valence electrons. The SMILES string of the molecule is CCN(CC)[C@@H](CNC(=O)c1cc(=O)c2ccccc2o1)c1ccccc1. The molecular weight excluding hydrogens is 340 g/mol. The quantitative estimate of drug-likeness (QED) is 0.696. The van der Waals surface area contributed by atoms with Crippen LogP contribution >= 0.6 is 0 Å². The van der Waals surface area contributed by atoms with Crippen LogP contribution in [0.5, 0.6) is 0 Å². The molecular formula is C22H24N2O3. The van der Waals surface area contributed by atoms with Gasteiger partial charge in [-0.05, 0) is 30.8 Å². The number of benzene rings is 2. The first-order valence-corrected chi connectivity index (χ1v) is 9.24. The lowest BCUT2D eigenvalue weighted by Gasteiger charge is -2.30. The maximum atomic E-state index is 12.6. The fourth-order valence-electron chi connectivity index (χ4n) is 3.29. The zero-order chi connectivity index (χ0) is 19.2. The number of rotatable bonds is 7. The van der Waals surface area contributed by atoms with Crippen molar-refractivity contribution in [2.75, 3.05) is 19.6 Å². The van der Waals surface area contributed by atoms with E-state index >= 15 is 0 Å². The van der Waals surface area contributed by atoms with E-state index in [2.05, 4.69) is 36.2 Å². The molecule has 1 amide bonds. The second kappa shape index (κ2) is 8.64. The molecule has 0 saturated carbocycles. The lowest BCUT2D eigenvalue weighted by molar-refractivity contribution is 0.0908. The molecule has 3 aromatic rings. The Labute approximate surface area is 158 Å². The third-order valence-corrected chi connectivity index (χ3v) is 4.75. The van der Waals surface area contributed by atoms with Gasteiger partial charge in [0.05, 0.1) is 11.4 Å². The van der Waals surface area contributed by atoms with E-state index in [1.165, 1.54) is 6.07 Å². The Kier molecular flexibility index (Phi) is 6.04. The van der Waals surface area contributed by atoms with Gasteiger partial charge in [-0.1, -0.05) is 56.3 Å². The fourth-order valence-corrected chi connectivity index (χ4v) is 3.29. The molecule has 0 fully saturated rings. The molecule has 1 heterocycles. The summed E-state index contributed by atoms with van der Waals surface area (Å²) in [6, 6.07) is 18.3. The third-order valence-electron chi connectivity index (χ3n) is 4.75. The number of hydrogen-bond acceptors (Lipinski definition) is 4. The summed E-state index contributed by atoms with van der Waals surface area (Å²) in [5.74, 6) is -0.351. The van der Waals surface area contributed by atoms with Crippen molar-refractivity contribution in [1.29, 1.82) is 0 Å². The molecule has 5 heteroatoms. The monoisotopic (exact) mass is 364 g/mol. The summed E-state index contributed by atoms with van der Waals surface area (Å²) in [7, 11) is 0. The van der Waals surface area contributed by atoms with Crippen LogP contribution in [0.25, 0.3) is 11.0 Å². The molecule has 0 unspecified atom stereocenters. The number of carbonyl (C=O) groups excluding carboxylic acids is 1. The second-order valence-corrected chi connectivity index (χ2v) is 6.33. The summed E-state index contributed by atoms with van der Waals surface area (Å²) in [5.41, 5.74) is 1.34. The summed E-state index contributed by atoms with van der Waals surface area (Å²) in [4.78, 5) is 27.1. The molecule has 27 heavy (non-hydrogen) atoms. The van der Waals surface area contributed by atoms with Crippen LogP contribution in [0.4, 0.5) is 0 Å². The highest BCUT2D eigenvalue weighted by Gasteiger charge is 2.20. The Morgan fingerprint density at radius 1 is 1.04 bits per heavy atom. The van der Waals surface area contributed by atoms with Crippen molar-refractivity contribution in [3.63, 3.8) is 0 Å². The van der Waals surface area contributed by atoms with Gasteiger partial charge in [0.2, 0.25) is 0 Å². The molecule has 0 radical (unpaired) electrons. The van der Waals surface area contributed by atoms with Gasteiger partial charge in [0.25, 0.3) is 5.91 Å². The molecule has 3 rings (SSSR count). The molecule has 0 aliphatic rings. The zero-order valence-corrected chi connectivity index (χ0v) is 15.6. The second-order valence-electron chi connectivity index (χ2n) is 6.33. The highest BCUT2D eigenvalue weighted by atomic mass is 16.3. The van der Waals surface area contributed by atoms with Gasteiger partial charge in [-0.3, -0.25) is 14.5 Å². The van der Waals surface area contributed by atoms with Crippen molar-refractivity contribution in [3.05, 3.63) is 82.2 Å². The van der Waals surface area contributed by atoms with Crippen LogP contribution in [0, 0.1) is 0 Å². The third kappa shape index (κ3) is 4.26. The van der Waals surface area contributed by atoms with E-state index in [0.717, 1.165) is 18.7 Å². The average molecular weight is 364 g/mol. The van der Waals surface area contributed by atoms with E-state index in [0.29, 0.717) is 17.5 Å². The summed E-state index contributed by atoms with van der Waals surface area (Å²) >= 11 is 0. The van der Waals surface area contributed by atoms with Crippen LogP contribution in [-0.4, -0.2) is 30.4 Å². The summed E-state index contributed by atoms with van der Waals surface area (Å²) in [6.07, 6.45) is 0. The Balaban J connectivity index is 1.81. The number of nitrogens with zero attached hydrogens (tertiary/aromatic N) is 1. The van der Waals surface area contributed by atoms with Gasteiger partial charge in [-0.15, -0.1) is 0 Å². The van der Waals surface area contributed by atoms with E-state index in [-0.39, 0.29) is 23.1 Å². The highest BCUT2D eigenvalue weighted by molar-refractivity contribution is 5.93. The molecule has 0 saturated heterocycles. The minimum atomic E-state index is -0.383. The van der Waals surface area contributed by atoms with Crippen LogP contribution in [-0.2, 0) is 0 Å². The van der Waals surface area contributed by atoms with Gasteiger partial charge in [0.1, 0.15) is 5.58 Å². The number of fused-ring (bicyclic) bond motifs is 1. The number of hydrogen-bond donors (Lipinski definition) is 1. The molecule has 0 aliphatic heterocycles. The van der Waals surface area contributed by atoms with Crippen LogP contribution in [0.1, 0.15) is 36.0 Å². The Hall–Kier alpha value is -2.92. The topological polar surface area (TPSA) is 62.6 Å². The van der Waals surface area contributed by atoms with Gasteiger partial charge in [0, 0.05) is 12.6 Å². The zero-order valence-electron chi connectivity index (χ0n) is 15.6. The summed E-state index contributed by atoms with van der Waals surface area (Å²) in [6.45, 7) is 6.38. The van der Waals surface area contributed by atoms with Crippen molar-refractivity contribution < 1.29 is 9.21 Å². The molecule has 0 bridgehead atoms. The first-order chi connectivity index (χ1) is 13.1. The minimum absolute atomic E-state index is 0.0325. The lowest BCUT2D eigenvalue weighted by atomic mass is 10.1. The molecule has 1 aromatic heterocycles. The van der Waals surface area contributed by atoms with E-state index in [4.69, 9.17) is 4.42 Å². The Morgan fingerprint density at radius 2 is 1.70 bits per heavy atom. The maximum Gasteiger partial charge on any atom is 0.287 e. The highest BCUT2D eigenvalue weighted by Crippen LogP contribution is 2.20. The number of amides is 1. The normalized spacial score (nSPS) is 12.3. The van der Waals surface area contributed by atoms with Crippen LogP contribution in [0.15, 0.2) is 69.9 Å². The smallest absolute Gasteiger partial charge is 0.287 e. The van der Waals surface area contributed by atoms with Crippen LogP contribution < -0.4 is 10.7 Å². The molecule has 0 aliphatic carbocycles. The van der Waals surface area contributed by atoms with E-state index < -0.39 is 0 Å². The van der Waals surface area contributed by atoms with Gasteiger partial charge in [0.15, 0.2) is 11.2 Å². The van der Waals surface area contributed by atoms with Crippen LogP contribution in [0.2, 0.25) is 0 Å². The van der Waals surface area contributed by atoms with Crippen LogP contribution in [0.3, 0.4) is 0 Å². The minimum Gasteiger partial charge on any atom is -0.451 e.